The lowest BCUT2D eigenvalue weighted by molar-refractivity contribution is -0.122. The summed E-state index contributed by atoms with van der Waals surface area (Å²) in [5.41, 5.74) is 7.87. The van der Waals surface area contributed by atoms with Crippen molar-refractivity contribution in [2.24, 2.45) is 11.7 Å². The Balaban J connectivity index is 2.60. The van der Waals surface area contributed by atoms with Crippen molar-refractivity contribution < 1.29 is 9.18 Å². The van der Waals surface area contributed by atoms with Crippen LogP contribution in [0.3, 0.4) is 0 Å². The molecule has 0 aromatic heterocycles. The number of carbonyl (C=O) groups excluding carboxylic acids is 1. The van der Waals surface area contributed by atoms with Crippen molar-refractivity contribution in [2.75, 3.05) is 0 Å². The molecule has 1 amide bonds. The molecular weight excluding hydrogens is 243 g/mol. The third kappa shape index (κ3) is 4.63. The molecule has 0 fully saturated rings. The standard InChI is InChI=1S/C15H23FN2O/c1-9(2)5-13(17)15(19)18-8-12-6-10(3)14(16)11(4)7-12/h6-7,9,13H,5,8,17H2,1-4H3,(H,18,19)/t13-/m0/s1. The Morgan fingerprint density at radius 3 is 2.32 bits per heavy atom. The Morgan fingerprint density at radius 1 is 1.32 bits per heavy atom. The average Bonchev–Trinajstić information content (AvgIpc) is 2.31. The Hall–Kier alpha value is -1.42. The van der Waals surface area contributed by atoms with Gasteiger partial charge in [0.15, 0.2) is 0 Å². The van der Waals surface area contributed by atoms with Crippen molar-refractivity contribution in [1.29, 1.82) is 0 Å². The molecule has 0 aliphatic heterocycles. The molecule has 4 heteroatoms. The van der Waals surface area contributed by atoms with E-state index in [2.05, 4.69) is 5.32 Å². The van der Waals surface area contributed by atoms with E-state index in [0.29, 0.717) is 30.0 Å². The van der Waals surface area contributed by atoms with Crippen molar-refractivity contribution in [2.45, 2.75) is 46.7 Å². The quantitative estimate of drug-likeness (QED) is 0.860. The summed E-state index contributed by atoms with van der Waals surface area (Å²) in [7, 11) is 0. The molecule has 1 aromatic rings. The molecule has 0 radical (unpaired) electrons. The van der Waals surface area contributed by atoms with Crippen molar-refractivity contribution in [3.8, 4) is 0 Å². The molecule has 0 spiro atoms. The van der Waals surface area contributed by atoms with E-state index in [4.69, 9.17) is 5.73 Å². The highest BCUT2D eigenvalue weighted by atomic mass is 19.1. The summed E-state index contributed by atoms with van der Waals surface area (Å²) in [6.07, 6.45) is 0.660. The minimum Gasteiger partial charge on any atom is -0.351 e. The minimum absolute atomic E-state index is 0.159. The van der Waals surface area contributed by atoms with Gasteiger partial charge in [0.05, 0.1) is 6.04 Å². The number of carbonyl (C=O) groups is 1. The molecule has 3 nitrogen and oxygen atoms in total. The fraction of sp³-hybridized carbons (Fsp3) is 0.533. The van der Waals surface area contributed by atoms with E-state index in [1.165, 1.54) is 0 Å². The van der Waals surface area contributed by atoms with Gasteiger partial charge in [-0.3, -0.25) is 4.79 Å². The minimum atomic E-state index is -0.484. The van der Waals surface area contributed by atoms with Gasteiger partial charge in [-0.1, -0.05) is 26.0 Å². The van der Waals surface area contributed by atoms with Gasteiger partial charge < -0.3 is 11.1 Å². The highest BCUT2D eigenvalue weighted by Crippen LogP contribution is 2.14. The maximum absolute atomic E-state index is 13.5. The number of rotatable bonds is 5. The first-order chi connectivity index (χ1) is 8.81. The van der Waals surface area contributed by atoms with Gasteiger partial charge in [-0.2, -0.15) is 0 Å². The molecule has 106 valence electrons. The molecule has 19 heavy (non-hydrogen) atoms. The van der Waals surface area contributed by atoms with Gasteiger partial charge in [-0.15, -0.1) is 0 Å². The maximum atomic E-state index is 13.5. The van der Waals surface area contributed by atoms with Crippen LogP contribution < -0.4 is 11.1 Å². The third-order valence-corrected chi connectivity index (χ3v) is 3.03. The van der Waals surface area contributed by atoms with Crippen LogP contribution in [-0.2, 0) is 11.3 Å². The van der Waals surface area contributed by atoms with Gasteiger partial charge >= 0.3 is 0 Å². The number of hydrogen-bond donors (Lipinski definition) is 2. The maximum Gasteiger partial charge on any atom is 0.237 e. The monoisotopic (exact) mass is 266 g/mol. The van der Waals surface area contributed by atoms with E-state index < -0.39 is 6.04 Å². The van der Waals surface area contributed by atoms with E-state index in [-0.39, 0.29) is 11.7 Å². The fourth-order valence-electron chi connectivity index (χ4n) is 2.07. The second-order valence-corrected chi connectivity index (χ2v) is 5.50. The zero-order valence-electron chi connectivity index (χ0n) is 12.1. The lowest BCUT2D eigenvalue weighted by Gasteiger charge is -2.14. The normalized spacial score (nSPS) is 12.6. The number of aryl methyl sites for hydroxylation is 2. The predicted molar refractivity (Wildman–Crippen MR) is 75.2 cm³/mol. The zero-order chi connectivity index (χ0) is 14.6. The van der Waals surface area contributed by atoms with E-state index in [1.807, 2.05) is 13.8 Å². The van der Waals surface area contributed by atoms with Crippen LogP contribution >= 0.6 is 0 Å². The van der Waals surface area contributed by atoms with Crippen molar-refractivity contribution >= 4 is 5.91 Å². The van der Waals surface area contributed by atoms with Crippen LogP contribution in [0.4, 0.5) is 4.39 Å². The highest BCUT2D eigenvalue weighted by molar-refractivity contribution is 5.81. The van der Waals surface area contributed by atoms with Gasteiger partial charge in [0.1, 0.15) is 5.82 Å². The first-order valence-electron chi connectivity index (χ1n) is 6.60. The number of amides is 1. The van der Waals surface area contributed by atoms with E-state index in [0.717, 1.165) is 5.56 Å². The summed E-state index contributed by atoms with van der Waals surface area (Å²) >= 11 is 0. The lowest BCUT2D eigenvalue weighted by atomic mass is 10.0. The average molecular weight is 266 g/mol. The summed E-state index contributed by atoms with van der Waals surface area (Å²) in [6, 6.07) is 3.01. The number of halogens is 1. The van der Waals surface area contributed by atoms with Crippen LogP contribution in [0.5, 0.6) is 0 Å². The van der Waals surface area contributed by atoms with Gasteiger partial charge in [-0.05, 0) is 42.9 Å². The van der Waals surface area contributed by atoms with Gasteiger partial charge in [0.25, 0.3) is 0 Å². The smallest absolute Gasteiger partial charge is 0.237 e. The predicted octanol–water partition coefficient (Wildman–Crippen LogP) is 2.43. The van der Waals surface area contributed by atoms with Gasteiger partial charge in [0.2, 0.25) is 5.91 Å². The van der Waals surface area contributed by atoms with Gasteiger partial charge in [0, 0.05) is 6.54 Å². The SMILES string of the molecule is Cc1cc(CNC(=O)[C@@H](N)CC(C)C)cc(C)c1F. The Labute approximate surface area is 114 Å². The first-order valence-corrected chi connectivity index (χ1v) is 6.60. The van der Waals surface area contributed by atoms with Crippen LogP contribution in [0.1, 0.15) is 37.0 Å². The summed E-state index contributed by atoms with van der Waals surface area (Å²) in [4.78, 5) is 11.8. The third-order valence-electron chi connectivity index (χ3n) is 3.03. The number of benzene rings is 1. The Kier molecular flexibility index (Phi) is 5.48. The van der Waals surface area contributed by atoms with Crippen LogP contribution in [0.15, 0.2) is 12.1 Å². The zero-order valence-corrected chi connectivity index (χ0v) is 12.1. The molecule has 0 bridgehead atoms. The first kappa shape index (κ1) is 15.6. The summed E-state index contributed by atoms with van der Waals surface area (Å²) in [6.45, 7) is 7.88. The number of nitrogens with two attached hydrogens (primary N) is 1. The van der Waals surface area contributed by atoms with E-state index in [1.54, 1.807) is 26.0 Å². The molecular formula is C15H23FN2O. The molecule has 3 N–H and O–H groups in total. The van der Waals surface area contributed by atoms with Crippen LogP contribution in [0.2, 0.25) is 0 Å². The second-order valence-electron chi connectivity index (χ2n) is 5.50. The van der Waals surface area contributed by atoms with Crippen LogP contribution in [-0.4, -0.2) is 11.9 Å². The summed E-state index contributed by atoms with van der Waals surface area (Å²) in [5, 5.41) is 2.79. The Morgan fingerprint density at radius 2 is 1.84 bits per heavy atom. The van der Waals surface area contributed by atoms with Crippen molar-refractivity contribution in [3.63, 3.8) is 0 Å². The Bertz CT molecular complexity index is 434. The summed E-state index contributed by atoms with van der Waals surface area (Å²) < 4.78 is 13.5. The topological polar surface area (TPSA) is 55.1 Å². The van der Waals surface area contributed by atoms with Crippen LogP contribution in [0, 0.1) is 25.6 Å². The van der Waals surface area contributed by atoms with Crippen molar-refractivity contribution in [1.82, 2.24) is 5.32 Å². The molecule has 1 aromatic carbocycles. The largest absolute Gasteiger partial charge is 0.351 e. The molecule has 1 rings (SSSR count). The van der Waals surface area contributed by atoms with E-state index in [9.17, 15) is 9.18 Å². The molecule has 1 atom stereocenters. The van der Waals surface area contributed by atoms with E-state index >= 15 is 0 Å². The molecule has 0 saturated heterocycles. The van der Waals surface area contributed by atoms with Gasteiger partial charge in [-0.25, -0.2) is 4.39 Å². The number of nitrogens with one attached hydrogen (secondary N) is 1. The van der Waals surface area contributed by atoms with Crippen molar-refractivity contribution in [3.05, 3.63) is 34.6 Å². The fourth-order valence-corrected chi connectivity index (χ4v) is 2.07. The number of hydrogen-bond acceptors (Lipinski definition) is 2. The molecule has 0 saturated carbocycles. The molecule has 0 aliphatic carbocycles. The second kappa shape index (κ2) is 6.66. The molecule has 0 heterocycles. The molecule has 0 aliphatic rings. The summed E-state index contributed by atoms with van der Waals surface area (Å²) in [5.74, 6) is 0.0379. The molecule has 0 unspecified atom stereocenters. The lowest BCUT2D eigenvalue weighted by Crippen LogP contribution is -2.41. The highest BCUT2D eigenvalue weighted by Gasteiger charge is 2.14. The van der Waals surface area contributed by atoms with Crippen LogP contribution in [0.25, 0.3) is 0 Å².